The molecule has 0 N–H and O–H groups in total. The molecule has 0 amide bonds. The van der Waals surface area contributed by atoms with Gasteiger partial charge in [-0.25, -0.2) is 0 Å². The molecule has 0 saturated heterocycles. The van der Waals surface area contributed by atoms with Gasteiger partial charge in [-0.05, 0) is 56.7 Å². The molecule has 0 aliphatic heterocycles. The second-order valence-corrected chi connectivity index (χ2v) is 7.49. The summed E-state index contributed by atoms with van der Waals surface area (Å²) in [6, 6.07) is 7.71. The molecule has 2 atom stereocenters. The SMILES string of the molecule is CC(C)=CC1C(C(=O)OCc2ccc(OC(C)C)cc2)C1(C)C. The molecule has 0 radical (unpaired) electrons. The Hall–Kier alpha value is -1.77. The molecule has 0 aromatic heterocycles. The molecule has 0 spiro atoms. The second-order valence-electron chi connectivity index (χ2n) is 7.49. The van der Waals surface area contributed by atoms with Gasteiger partial charge in [0.15, 0.2) is 0 Å². The summed E-state index contributed by atoms with van der Waals surface area (Å²) < 4.78 is 11.1. The molecule has 1 saturated carbocycles. The Morgan fingerprint density at radius 2 is 1.83 bits per heavy atom. The average Bonchev–Trinajstić information content (AvgIpc) is 2.97. The van der Waals surface area contributed by atoms with Crippen LogP contribution in [0.5, 0.6) is 5.75 Å². The monoisotopic (exact) mass is 316 g/mol. The third kappa shape index (κ3) is 4.37. The highest BCUT2D eigenvalue weighted by molar-refractivity contribution is 5.78. The smallest absolute Gasteiger partial charge is 0.310 e. The fourth-order valence-corrected chi connectivity index (χ4v) is 2.98. The Kier molecular flexibility index (Phi) is 5.18. The second kappa shape index (κ2) is 6.77. The number of hydrogen-bond acceptors (Lipinski definition) is 3. The third-order valence-corrected chi connectivity index (χ3v) is 4.35. The topological polar surface area (TPSA) is 35.5 Å². The number of carbonyl (C=O) groups is 1. The van der Waals surface area contributed by atoms with E-state index in [9.17, 15) is 4.79 Å². The van der Waals surface area contributed by atoms with Gasteiger partial charge in [-0.2, -0.15) is 0 Å². The summed E-state index contributed by atoms with van der Waals surface area (Å²) in [7, 11) is 0. The van der Waals surface area contributed by atoms with Gasteiger partial charge in [0.05, 0.1) is 12.0 Å². The predicted octanol–water partition coefficient (Wildman–Crippen LogP) is 4.76. The van der Waals surface area contributed by atoms with Gasteiger partial charge >= 0.3 is 5.97 Å². The van der Waals surface area contributed by atoms with Gasteiger partial charge in [0.25, 0.3) is 0 Å². The fraction of sp³-hybridized carbons (Fsp3) is 0.550. The highest BCUT2D eigenvalue weighted by Crippen LogP contribution is 2.59. The molecule has 3 nitrogen and oxygen atoms in total. The van der Waals surface area contributed by atoms with Gasteiger partial charge < -0.3 is 9.47 Å². The highest BCUT2D eigenvalue weighted by atomic mass is 16.5. The summed E-state index contributed by atoms with van der Waals surface area (Å²) in [5.41, 5.74) is 2.23. The van der Waals surface area contributed by atoms with Crippen molar-refractivity contribution in [2.45, 2.75) is 54.3 Å². The van der Waals surface area contributed by atoms with Gasteiger partial charge in [0.1, 0.15) is 12.4 Å². The van der Waals surface area contributed by atoms with E-state index in [4.69, 9.17) is 9.47 Å². The molecule has 2 rings (SSSR count). The van der Waals surface area contributed by atoms with Crippen molar-refractivity contribution >= 4 is 5.97 Å². The lowest BCUT2D eigenvalue weighted by Crippen LogP contribution is -2.10. The molecule has 126 valence electrons. The first-order valence-electron chi connectivity index (χ1n) is 8.29. The molecule has 1 aromatic carbocycles. The maximum Gasteiger partial charge on any atom is 0.310 e. The third-order valence-electron chi connectivity index (χ3n) is 4.35. The maximum absolute atomic E-state index is 12.3. The largest absolute Gasteiger partial charge is 0.491 e. The molecule has 2 unspecified atom stereocenters. The van der Waals surface area contributed by atoms with Crippen LogP contribution in [-0.2, 0) is 16.1 Å². The van der Waals surface area contributed by atoms with Gasteiger partial charge in [-0.15, -0.1) is 0 Å². The molecule has 23 heavy (non-hydrogen) atoms. The Morgan fingerprint density at radius 1 is 1.22 bits per heavy atom. The van der Waals surface area contributed by atoms with Gasteiger partial charge in [0.2, 0.25) is 0 Å². The number of benzene rings is 1. The quantitative estimate of drug-likeness (QED) is 0.561. The maximum atomic E-state index is 12.3. The predicted molar refractivity (Wildman–Crippen MR) is 92.2 cm³/mol. The zero-order chi connectivity index (χ0) is 17.2. The van der Waals surface area contributed by atoms with E-state index in [1.807, 2.05) is 38.1 Å². The van der Waals surface area contributed by atoms with Crippen LogP contribution in [0.1, 0.15) is 47.1 Å². The van der Waals surface area contributed by atoms with E-state index in [1.54, 1.807) is 0 Å². The number of ether oxygens (including phenoxy) is 2. The molecule has 0 bridgehead atoms. The molecule has 1 aromatic rings. The van der Waals surface area contributed by atoms with Crippen molar-refractivity contribution in [2.24, 2.45) is 17.3 Å². The molecule has 1 aliphatic carbocycles. The molecule has 0 heterocycles. The molecular weight excluding hydrogens is 288 g/mol. The molecule has 1 fully saturated rings. The van der Waals surface area contributed by atoms with Crippen LogP contribution in [0.25, 0.3) is 0 Å². The minimum absolute atomic E-state index is 0.00329. The number of carbonyl (C=O) groups excluding carboxylic acids is 1. The summed E-state index contributed by atoms with van der Waals surface area (Å²) in [5, 5.41) is 0. The van der Waals surface area contributed by atoms with Crippen LogP contribution in [0.3, 0.4) is 0 Å². The van der Waals surface area contributed by atoms with Crippen LogP contribution >= 0.6 is 0 Å². The molecule has 1 aliphatic rings. The number of rotatable bonds is 6. The molecular formula is C20H28O3. The van der Waals surface area contributed by atoms with Crippen LogP contribution < -0.4 is 4.74 Å². The van der Waals surface area contributed by atoms with Crippen molar-refractivity contribution in [2.75, 3.05) is 0 Å². The summed E-state index contributed by atoms with van der Waals surface area (Å²) in [6.07, 6.45) is 2.34. The van der Waals surface area contributed by atoms with Crippen molar-refractivity contribution in [3.05, 3.63) is 41.5 Å². The molecule has 3 heteroatoms. The van der Waals surface area contributed by atoms with E-state index in [2.05, 4.69) is 33.8 Å². The van der Waals surface area contributed by atoms with Crippen LogP contribution in [0.4, 0.5) is 0 Å². The Bertz CT molecular complexity index is 577. The summed E-state index contributed by atoms with van der Waals surface area (Å²) in [4.78, 5) is 12.3. The number of esters is 1. The normalized spacial score (nSPS) is 21.7. The van der Waals surface area contributed by atoms with Gasteiger partial charge in [-0.3, -0.25) is 4.79 Å². The lowest BCUT2D eigenvalue weighted by Gasteiger charge is -2.10. The number of hydrogen-bond donors (Lipinski definition) is 0. The van der Waals surface area contributed by atoms with Crippen molar-refractivity contribution in [3.8, 4) is 5.75 Å². The Morgan fingerprint density at radius 3 is 2.35 bits per heavy atom. The Labute approximate surface area is 139 Å². The van der Waals surface area contributed by atoms with E-state index in [0.29, 0.717) is 12.5 Å². The van der Waals surface area contributed by atoms with Crippen LogP contribution in [0, 0.1) is 17.3 Å². The van der Waals surface area contributed by atoms with Crippen molar-refractivity contribution in [1.29, 1.82) is 0 Å². The van der Waals surface area contributed by atoms with E-state index < -0.39 is 0 Å². The summed E-state index contributed by atoms with van der Waals surface area (Å²) in [6.45, 7) is 12.7. The van der Waals surface area contributed by atoms with E-state index >= 15 is 0 Å². The fourth-order valence-electron chi connectivity index (χ4n) is 2.98. The average molecular weight is 316 g/mol. The number of allylic oxidation sites excluding steroid dienone is 2. The van der Waals surface area contributed by atoms with Crippen LogP contribution in [0.15, 0.2) is 35.9 Å². The van der Waals surface area contributed by atoms with E-state index in [1.165, 1.54) is 5.57 Å². The zero-order valence-corrected chi connectivity index (χ0v) is 15.1. The lowest BCUT2D eigenvalue weighted by atomic mass is 10.1. The van der Waals surface area contributed by atoms with Crippen LogP contribution in [0.2, 0.25) is 0 Å². The summed E-state index contributed by atoms with van der Waals surface area (Å²) in [5.74, 6) is 1.00. The summed E-state index contributed by atoms with van der Waals surface area (Å²) >= 11 is 0. The van der Waals surface area contributed by atoms with Gasteiger partial charge in [0, 0.05) is 0 Å². The highest BCUT2D eigenvalue weighted by Gasteiger charge is 2.61. The van der Waals surface area contributed by atoms with Crippen molar-refractivity contribution in [1.82, 2.24) is 0 Å². The minimum atomic E-state index is -0.0972. The Balaban J connectivity index is 1.89. The minimum Gasteiger partial charge on any atom is -0.491 e. The zero-order valence-electron chi connectivity index (χ0n) is 15.1. The first-order chi connectivity index (χ1) is 10.7. The van der Waals surface area contributed by atoms with Gasteiger partial charge in [-0.1, -0.05) is 37.6 Å². The van der Waals surface area contributed by atoms with Crippen molar-refractivity contribution in [3.63, 3.8) is 0 Å². The standard InChI is InChI=1S/C20H28O3/c1-13(2)11-17-18(20(17,5)6)19(21)22-12-15-7-9-16(10-8-15)23-14(3)4/h7-11,14,17-18H,12H2,1-6H3. The lowest BCUT2D eigenvalue weighted by molar-refractivity contribution is -0.147. The van der Waals surface area contributed by atoms with E-state index in [-0.39, 0.29) is 23.4 Å². The van der Waals surface area contributed by atoms with Crippen LogP contribution in [-0.4, -0.2) is 12.1 Å². The van der Waals surface area contributed by atoms with E-state index in [0.717, 1.165) is 11.3 Å². The van der Waals surface area contributed by atoms with Crippen molar-refractivity contribution < 1.29 is 14.3 Å². The first-order valence-corrected chi connectivity index (χ1v) is 8.29. The first kappa shape index (κ1) is 17.6.